The van der Waals surface area contributed by atoms with Gasteiger partial charge in [-0.3, -0.25) is 9.79 Å². The summed E-state index contributed by atoms with van der Waals surface area (Å²) in [7, 11) is 5.70. The first-order valence-electron chi connectivity index (χ1n) is 10.6. The van der Waals surface area contributed by atoms with E-state index in [2.05, 4.69) is 20.9 Å². The van der Waals surface area contributed by atoms with Gasteiger partial charge in [-0.25, -0.2) is 0 Å². The number of aryl methyl sites for hydroxylation is 1. The fourth-order valence-electron chi connectivity index (χ4n) is 2.91. The van der Waals surface area contributed by atoms with E-state index in [0.29, 0.717) is 31.2 Å². The van der Waals surface area contributed by atoms with Crippen LogP contribution in [0.2, 0.25) is 0 Å². The number of hydrogen-bond acceptors (Lipinski definition) is 4. The number of nitrogens with zero attached hydrogens (tertiary/aromatic N) is 2. The molecule has 7 heteroatoms. The van der Waals surface area contributed by atoms with E-state index in [4.69, 9.17) is 4.74 Å². The number of amides is 1. The summed E-state index contributed by atoms with van der Waals surface area (Å²) in [6, 6.07) is 15.6. The van der Waals surface area contributed by atoms with Crippen LogP contribution in [0.15, 0.2) is 53.5 Å². The Labute approximate surface area is 185 Å². The van der Waals surface area contributed by atoms with Gasteiger partial charge in [-0.1, -0.05) is 30.3 Å². The molecule has 0 fully saturated rings. The number of guanidine groups is 1. The zero-order chi connectivity index (χ0) is 22.6. The van der Waals surface area contributed by atoms with Gasteiger partial charge in [0.2, 0.25) is 0 Å². The highest BCUT2D eigenvalue weighted by atomic mass is 16.5. The Kier molecular flexibility index (Phi) is 9.84. The summed E-state index contributed by atoms with van der Waals surface area (Å²) >= 11 is 0. The predicted molar refractivity (Wildman–Crippen MR) is 127 cm³/mol. The molecule has 1 atom stereocenters. The summed E-state index contributed by atoms with van der Waals surface area (Å²) < 4.78 is 6.00. The zero-order valence-corrected chi connectivity index (χ0v) is 19.2. The summed E-state index contributed by atoms with van der Waals surface area (Å²) in [6.07, 6.45) is -0.0196. The minimum Gasteiger partial charge on any atom is -0.489 e. The van der Waals surface area contributed by atoms with Gasteiger partial charge in [0.15, 0.2) is 5.96 Å². The van der Waals surface area contributed by atoms with Gasteiger partial charge < -0.3 is 25.6 Å². The van der Waals surface area contributed by atoms with Crippen LogP contribution in [0.3, 0.4) is 0 Å². The third kappa shape index (κ3) is 8.68. The van der Waals surface area contributed by atoms with Crippen LogP contribution in [0, 0.1) is 6.92 Å². The summed E-state index contributed by atoms with van der Waals surface area (Å²) in [6.45, 7) is 6.65. The lowest BCUT2D eigenvalue weighted by Gasteiger charge is -2.19. The Morgan fingerprint density at radius 1 is 1.10 bits per heavy atom. The minimum absolute atomic E-state index is 0.0196. The molecule has 0 aliphatic rings. The molecule has 1 amide bonds. The van der Waals surface area contributed by atoms with Gasteiger partial charge in [-0.2, -0.15) is 0 Å². The standard InChI is InChI=1S/C24H35N5O2/c1-18-9-6-7-12-22(18)31-19(2)16-27-24(25-3)28-17-20-10-8-11-21(15-20)23(30)26-13-14-29(4)5/h6-12,15,19H,13-14,16-17H2,1-5H3,(H,26,30)(H2,25,27,28). The number of aliphatic imine (C=N–C) groups is 1. The number of likely N-dealkylation sites (N-methyl/N-ethyl adjacent to an activating group) is 1. The van der Waals surface area contributed by atoms with Gasteiger partial charge in [0.1, 0.15) is 11.9 Å². The van der Waals surface area contributed by atoms with Crippen molar-refractivity contribution in [3.63, 3.8) is 0 Å². The molecule has 7 nitrogen and oxygen atoms in total. The maximum absolute atomic E-state index is 12.3. The molecule has 3 N–H and O–H groups in total. The van der Waals surface area contributed by atoms with Crippen LogP contribution in [0.5, 0.6) is 5.75 Å². The molecular weight excluding hydrogens is 390 g/mol. The first-order valence-corrected chi connectivity index (χ1v) is 10.6. The molecule has 1 unspecified atom stereocenters. The predicted octanol–water partition coefficient (Wildman–Crippen LogP) is 2.42. The van der Waals surface area contributed by atoms with Crippen molar-refractivity contribution in [2.45, 2.75) is 26.5 Å². The van der Waals surface area contributed by atoms with Crippen LogP contribution < -0.4 is 20.7 Å². The van der Waals surface area contributed by atoms with E-state index in [1.54, 1.807) is 7.05 Å². The smallest absolute Gasteiger partial charge is 0.251 e. The Bertz CT molecular complexity index is 867. The molecule has 0 heterocycles. The van der Waals surface area contributed by atoms with E-state index in [9.17, 15) is 4.79 Å². The van der Waals surface area contributed by atoms with E-state index >= 15 is 0 Å². The van der Waals surface area contributed by atoms with Crippen molar-refractivity contribution in [1.29, 1.82) is 0 Å². The highest BCUT2D eigenvalue weighted by Crippen LogP contribution is 2.17. The van der Waals surface area contributed by atoms with Crippen molar-refractivity contribution in [2.24, 2.45) is 4.99 Å². The number of nitrogens with one attached hydrogen (secondary N) is 3. The molecule has 0 saturated carbocycles. The van der Waals surface area contributed by atoms with Gasteiger partial charge >= 0.3 is 0 Å². The number of para-hydroxylation sites is 1. The van der Waals surface area contributed by atoms with Crippen LogP contribution in [0.1, 0.15) is 28.4 Å². The van der Waals surface area contributed by atoms with E-state index in [-0.39, 0.29) is 12.0 Å². The Hall–Kier alpha value is -3.06. The largest absolute Gasteiger partial charge is 0.489 e. The summed E-state index contributed by atoms with van der Waals surface area (Å²) in [5.74, 6) is 1.51. The van der Waals surface area contributed by atoms with Crippen molar-refractivity contribution in [3.8, 4) is 5.75 Å². The zero-order valence-electron chi connectivity index (χ0n) is 19.2. The maximum atomic E-state index is 12.3. The molecule has 0 bridgehead atoms. The third-order valence-electron chi connectivity index (χ3n) is 4.70. The van der Waals surface area contributed by atoms with Gasteiger partial charge in [0, 0.05) is 32.2 Å². The van der Waals surface area contributed by atoms with E-state index in [0.717, 1.165) is 23.4 Å². The molecule has 2 aromatic rings. The van der Waals surface area contributed by atoms with E-state index in [1.165, 1.54) is 0 Å². The lowest BCUT2D eigenvalue weighted by Crippen LogP contribution is -2.41. The number of carbonyl (C=O) groups is 1. The second-order valence-electron chi connectivity index (χ2n) is 7.76. The Morgan fingerprint density at radius 2 is 1.87 bits per heavy atom. The number of hydrogen-bond donors (Lipinski definition) is 3. The van der Waals surface area contributed by atoms with Crippen LogP contribution in [-0.2, 0) is 6.54 Å². The quantitative estimate of drug-likeness (QED) is 0.403. The molecule has 0 saturated heterocycles. The Balaban J connectivity index is 1.81. The van der Waals surface area contributed by atoms with Crippen LogP contribution in [-0.4, -0.2) is 63.6 Å². The van der Waals surface area contributed by atoms with Crippen molar-refractivity contribution in [3.05, 3.63) is 65.2 Å². The summed E-state index contributed by atoms with van der Waals surface area (Å²) in [5, 5.41) is 9.51. The highest BCUT2D eigenvalue weighted by Gasteiger charge is 2.09. The van der Waals surface area contributed by atoms with Crippen molar-refractivity contribution < 1.29 is 9.53 Å². The minimum atomic E-state index is -0.0617. The topological polar surface area (TPSA) is 78.0 Å². The maximum Gasteiger partial charge on any atom is 0.251 e. The van der Waals surface area contributed by atoms with Crippen LogP contribution >= 0.6 is 0 Å². The fourth-order valence-corrected chi connectivity index (χ4v) is 2.91. The molecule has 2 rings (SSSR count). The summed E-state index contributed by atoms with van der Waals surface area (Å²) in [4.78, 5) is 18.6. The normalized spacial score (nSPS) is 12.4. The third-order valence-corrected chi connectivity index (χ3v) is 4.70. The van der Waals surface area contributed by atoms with Gasteiger partial charge in [0.25, 0.3) is 5.91 Å². The first-order chi connectivity index (χ1) is 14.9. The second-order valence-corrected chi connectivity index (χ2v) is 7.76. The van der Waals surface area contributed by atoms with Crippen molar-refractivity contribution in [1.82, 2.24) is 20.9 Å². The van der Waals surface area contributed by atoms with E-state index < -0.39 is 0 Å². The monoisotopic (exact) mass is 425 g/mol. The molecule has 0 aliphatic heterocycles. The lowest BCUT2D eigenvalue weighted by atomic mass is 10.1. The lowest BCUT2D eigenvalue weighted by molar-refractivity contribution is 0.0951. The molecular formula is C24H35N5O2. The molecule has 31 heavy (non-hydrogen) atoms. The molecule has 2 aromatic carbocycles. The van der Waals surface area contributed by atoms with Crippen molar-refractivity contribution >= 4 is 11.9 Å². The molecule has 168 valence electrons. The van der Waals surface area contributed by atoms with E-state index in [1.807, 2.05) is 81.4 Å². The highest BCUT2D eigenvalue weighted by molar-refractivity contribution is 5.94. The number of benzene rings is 2. The average Bonchev–Trinajstić information content (AvgIpc) is 2.75. The summed E-state index contributed by atoms with van der Waals surface area (Å²) in [5.41, 5.74) is 2.77. The second kappa shape index (κ2) is 12.6. The number of carbonyl (C=O) groups excluding carboxylic acids is 1. The van der Waals surface area contributed by atoms with Gasteiger partial charge in [-0.05, 0) is 57.3 Å². The molecule has 0 aromatic heterocycles. The molecule has 0 radical (unpaired) electrons. The Morgan fingerprint density at radius 3 is 2.58 bits per heavy atom. The van der Waals surface area contributed by atoms with Crippen LogP contribution in [0.25, 0.3) is 0 Å². The fraction of sp³-hybridized carbons (Fsp3) is 0.417. The molecule has 0 aliphatic carbocycles. The van der Waals surface area contributed by atoms with Gasteiger partial charge in [0.05, 0.1) is 6.54 Å². The number of ether oxygens (including phenoxy) is 1. The van der Waals surface area contributed by atoms with Crippen molar-refractivity contribution in [2.75, 3.05) is 40.8 Å². The number of rotatable bonds is 10. The van der Waals surface area contributed by atoms with Gasteiger partial charge in [-0.15, -0.1) is 0 Å². The SMILES string of the molecule is CN=C(NCc1cccc(C(=O)NCCN(C)C)c1)NCC(C)Oc1ccccc1C. The first kappa shape index (κ1) is 24.2. The average molecular weight is 426 g/mol. The van der Waals surface area contributed by atoms with Crippen LogP contribution in [0.4, 0.5) is 0 Å². The molecule has 0 spiro atoms.